The van der Waals surface area contributed by atoms with Crippen molar-refractivity contribution < 1.29 is 37.3 Å². The number of hydrogen-bond acceptors (Lipinski definition) is 7. The molecule has 0 aliphatic rings. The smallest absolute Gasteiger partial charge is 0.306 e. The first kappa shape index (κ1) is 75.9. The summed E-state index contributed by atoms with van der Waals surface area (Å²) < 4.78 is 30.2. The van der Waals surface area contributed by atoms with Gasteiger partial charge in [-0.3, -0.25) is 14.2 Å². The van der Waals surface area contributed by atoms with Gasteiger partial charge in [0.1, 0.15) is 19.3 Å². The molecule has 0 fully saturated rings. The maximum absolute atomic E-state index is 13.5. The van der Waals surface area contributed by atoms with Crippen LogP contribution in [-0.4, -0.2) is 69.4 Å². The molecular formula is C70H117N2O7P. The zero-order valence-electron chi connectivity index (χ0n) is 51.7. The average molecular weight is 1130 g/mol. The minimum absolute atomic E-state index is 0.0443. The van der Waals surface area contributed by atoms with Crippen LogP contribution in [0.15, 0.2) is 146 Å². The van der Waals surface area contributed by atoms with Crippen molar-refractivity contribution in [1.82, 2.24) is 5.32 Å². The Bertz CT molecular complexity index is 1880. The molecule has 0 radical (unpaired) electrons. The van der Waals surface area contributed by atoms with E-state index in [1.54, 1.807) is 6.08 Å². The van der Waals surface area contributed by atoms with Crippen LogP contribution in [0.2, 0.25) is 0 Å². The largest absolute Gasteiger partial charge is 0.756 e. The number of allylic oxidation sites excluding steroid dienone is 23. The summed E-state index contributed by atoms with van der Waals surface area (Å²) in [4.78, 5) is 40.0. The number of nitrogens with zero attached hydrogens (tertiary/aromatic N) is 1. The van der Waals surface area contributed by atoms with Gasteiger partial charge in [0.2, 0.25) is 5.91 Å². The number of ether oxygens (including phenoxy) is 1. The van der Waals surface area contributed by atoms with E-state index in [0.717, 1.165) is 116 Å². The molecule has 0 aromatic heterocycles. The molecule has 0 heterocycles. The highest BCUT2D eigenvalue weighted by atomic mass is 31.2. The van der Waals surface area contributed by atoms with E-state index in [1.807, 2.05) is 39.4 Å². The molecule has 0 aromatic carbocycles. The maximum atomic E-state index is 13.5. The highest BCUT2D eigenvalue weighted by Gasteiger charge is 2.27. The Morgan fingerprint density at radius 1 is 0.450 bits per heavy atom. The van der Waals surface area contributed by atoms with E-state index < -0.39 is 32.5 Å². The van der Waals surface area contributed by atoms with E-state index in [0.29, 0.717) is 23.9 Å². The molecule has 10 heteroatoms. The van der Waals surface area contributed by atoms with E-state index >= 15 is 0 Å². The number of quaternary nitrogens is 1. The zero-order valence-corrected chi connectivity index (χ0v) is 52.6. The fourth-order valence-corrected chi connectivity index (χ4v) is 8.94. The molecule has 1 amide bonds. The first-order chi connectivity index (χ1) is 38.9. The zero-order chi connectivity index (χ0) is 58.6. The van der Waals surface area contributed by atoms with Crippen molar-refractivity contribution in [2.45, 2.75) is 245 Å². The van der Waals surface area contributed by atoms with E-state index in [4.69, 9.17) is 13.8 Å². The third-order valence-electron chi connectivity index (χ3n) is 13.0. The molecule has 80 heavy (non-hydrogen) atoms. The Balaban J connectivity index is 5.36. The Hall–Kier alpha value is -4.11. The van der Waals surface area contributed by atoms with Crippen molar-refractivity contribution in [3.05, 3.63) is 146 Å². The number of carbonyl (C=O) groups is 2. The van der Waals surface area contributed by atoms with Gasteiger partial charge in [0.15, 0.2) is 0 Å². The van der Waals surface area contributed by atoms with Gasteiger partial charge in [-0.25, -0.2) is 0 Å². The number of phosphoric ester groups is 1. The molecule has 454 valence electrons. The molecule has 0 rings (SSSR count). The standard InChI is InChI=1S/C70H117N2O7P/c1-7-10-13-16-19-22-25-28-30-32-34-35-36-37-39-40-42-44-47-50-53-56-59-62-69(73)71-67(66-78-80(75,76)77-65-64-72(4,5)6)68(61-58-55-52-49-46-27-24-21-18-15-12-9-3)79-70(74)63-60-57-54-51-48-45-43-41-38-33-31-29-26-23-20-17-14-11-8-2/h10-11,13-14,19-20,22-23,28-31,34-35,37-39,41,45,48,54,57-58,61,67-68H,7-9,12,15-18,21,24-27,32-33,36,40,42-44,46-47,49-53,55-56,59-60,62-66H2,1-6H3,(H-,71,73,75,76)/b13-10-,14-11-,22-19-,23-20-,30-28-,31-29-,35-34-,39-37-,41-38-,48-45-,57-54-,61-58-. The predicted molar refractivity (Wildman–Crippen MR) is 343 cm³/mol. The fourth-order valence-electron chi connectivity index (χ4n) is 8.22. The summed E-state index contributed by atoms with van der Waals surface area (Å²) in [6, 6.07) is -0.937. The molecular weight excluding hydrogens is 1010 g/mol. The third kappa shape index (κ3) is 58.5. The molecule has 0 saturated carbocycles. The summed E-state index contributed by atoms with van der Waals surface area (Å²) >= 11 is 0. The highest BCUT2D eigenvalue weighted by molar-refractivity contribution is 7.45. The van der Waals surface area contributed by atoms with Crippen molar-refractivity contribution in [3.63, 3.8) is 0 Å². The molecule has 1 N–H and O–H groups in total. The maximum Gasteiger partial charge on any atom is 0.306 e. The Kier molecular flexibility index (Phi) is 55.1. The lowest BCUT2D eigenvalue weighted by molar-refractivity contribution is -0.870. The highest BCUT2D eigenvalue weighted by Crippen LogP contribution is 2.38. The van der Waals surface area contributed by atoms with Gasteiger partial charge in [0.05, 0.1) is 33.8 Å². The number of likely N-dealkylation sites (N-methyl/N-ethyl adjacent to an activating group) is 1. The minimum atomic E-state index is -4.73. The van der Waals surface area contributed by atoms with Gasteiger partial charge in [-0.1, -0.05) is 250 Å². The second kappa shape index (κ2) is 58.1. The Morgan fingerprint density at radius 3 is 1.23 bits per heavy atom. The lowest BCUT2D eigenvalue weighted by Crippen LogP contribution is -2.47. The molecule has 0 aliphatic heterocycles. The van der Waals surface area contributed by atoms with Crippen LogP contribution in [0, 0.1) is 0 Å². The normalized spacial score (nSPS) is 14.6. The number of nitrogens with one attached hydrogen (secondary N) is 1. The van der Waals surface area contributed by atoms with Gasteiger partial charge in [0.25, 0.3) is 7.82 Å². The summed E-state index contributed by atoms with van der Waals surface area (Å²) in [5.41, 5.74) is 0. The SMILES string of the molecule is CC/C=C\C/C=C\C/C=C\C/C=C\C/C=C\C/C=C\CCC(=O)OC(/C=C\CCCCCCCCCCCC)C(COP(=O)([O-])OCC[N+](C)(C)C)NC(=O)CCCCCCCCC/C=C\C/C=C\C/C=C\C/C=C\C/C=C\CC. The monoisotopic (exact) mass is 1130 g/mol. The molecule has 3 atom stereocenters. The first-order valence-corrected chi connectivity index (χ1v) is 33.1. The summed E-state index contributed by atoms with van der Waals surface area (Å²) in [6.45, 7) is 6.54. The molecule has 9 nitrogen and oxygen atoms in total. The van der Waals surface area contributed by atoms with E-state index in [-0.39, 0.29) is 25.4 Å². The van der Waals surface area contributed by atoms with E-state index in [9.17, 15) is 19.0 Å². The van der Waals surface area contributed by atoms with Gasteiger partial charge >= 0.3 is 5.97 Å². The van der Waals surface area contributed by atoms with Crippen LogP contribution in [-0.2, 0) is 27.9 Å². The number of amides is 1. The molecule has 0 saturated heterocycles. The summed E-state index contributed by atoms with van der Waals surface area (Å²) in [5, 5.41) is 3.00. The number of esters is 1. The minimum Gasteiger partial charge on any atom is -0.756 e. The van der Waals surface area contributed by atoms with Crippen LogP contribution < -0.4 is 10.2 Å². The number of hydrogen-bond donors (Lipinski definition) is 1. The van der Waals surface area contributed by atoms with Crippen LogP contribution in [0.25, 0.3) is 0 Å². The molecule has 0 spiro atoms. The number of unbranched alkanes of at least 4 members (excludes halogenated alkanes) is 17. The van der Waals surface area contributed by atoms with E-state index in [2.05, 4.69) is 148 Å². The van der Waals surface area contributed by atoms with Crippen LogP contribution in [0.3, 0.4) is 0 Å². The molecule has 0 bridgehead atoms. The average Bonchev–Trinajstić information content (AvgIpc) is 3.43. The van der Waals surface area contributed by atoms with Crippen LogP contribution in [0.5, 0.6) is 0 Å². The summed E-state index contributed by atoms with van der Waals surface area (Å²) in [7, 11) is 1.12. The lowest BCUT2D eigenvalue weighted by Gasteiger charge is -2.30. The van der Waals surface area contributed by atoms with Gasteiger partial charge in [-0.15, -0.1) is 0 Å². The molecule has 0 aromatic rings. The molecule has 3 unspecified atom stereocenters. The van der Waals surface area contributed by atoms with Gasteiger partial charge < -0.3 is 28.5 Å². The molecule has 0 aliphatic carbocycles. The van der Waals surface area contributed by atoms with Crippen LogP contribution in [0.1, 0.15) is 233 Å². The first-order valence-electron chi connectivity index (χ1n) is 31.6. The Morgan fingerprint density at radius 2 is 0.812 bits per heavy atom. The fraction of sp³-hybridized carbons (Fsp3) is 0.629. The predicted octanol–water partition coefficient (Wildman–Crippen LogP) is 19.2. The van der Waals surface area contributed by atoms with Crippen molar-refractivity contribution in [3.8, 4) is 0 Å². The lowest BCUT2D eigenvalue weighted by atomic mass is 10.0. The van der Waals surface area contributed by atoms with Gasteiger partial charge in [-0.05, 0) is 115 Å². The number of phosphoric acid groups is 1. The van der Waals surface area contributed by atoms with E-state index in [1.165, 1.54) is 70.6 Å². The van der Waals surface area contributed by atoms with Gasteiger partial charge in [-0.2, -0.15) is 0 Å². The summed E-state index contributed by atoms with van der Waals surface area (Å²) in [6.07, 6.45) is 84.0. The van der Waals surface area contributed by atoms with Gasteiger partial charge in [0, 0.05) is 12.8 Å². The van der Waals surface area contributed by atoms with Crippen LogP contribution in [0.4, 0.5) is 0 Å². The van der Waals surface area contributed by atoms with Crippen LogP contribution >= 0.6 is 7.82 Å². The number of rotatable bonds is 55. The second-order valence-corrected chi connectivity index (χ2v) is 23.2. The Labute approximate surface area is 491 Å². The third-order valence-corrected chi connectivity index (χ3v) is 14.0. The quantitative estimate of drug-likeness (QED) is 0.0212. The number of carbonyl (C=O) groups excluding carboxylic acids is 2. The van der Waals surface area contributed by atoms with Crippen molar-refractivity contribution >= 4 is 19.7 Å². The van der Waals surface area contributed by atoms with Crippen molar-refractivity contribution in [1.29, 1.82) is 0 Å². The summed E-state index contributed by atoms with van der Waals surface area (Å²) in [5.74, 6) is -0.663. The second-order valence-electron chi connectivity index (χ2n) is 21.8. The topological polar surface area (TPSA) is 114 Å². The van der Waals surface area contributed by atoms with Crippen molar-refractivity contribution in [2.24, 2.45) is 0 Å². The van der Waals surface area contributed by atoms with Crippen molar-refractivity contribution in [2.75, 3.05) is 40.9 Å².